The Labute approximate surface area is 132 Å². The summed E-state index contributed by atoms with van der Waals surface area (Å²) in [6.07, 6.45) is 0.778. The molecule has 0 fully saturated rings. The van der Waals surface area contributed by atoms with E-state index in [1.807, 2.05) is 6.92 Å². The minimum atomic E-state index is 0.432. The molecule has 0 radical (unpaired) electrons. The van der Waals surface area contributed by atoms with Crippen LogP contribution >= 0.6 is 34.8 Å². The number of nitrogens with one attached hydrogen (secondary N) is 1. The topological polar surface area (TPSA) is 34.2 Å². The van der Waals surface area contributed by atoms with Gasteiger partial charge in [0.25, 0.3) is 0 Å². The maximum atomic E-state index is 6.37. The third-order valence-electron chi connectivity index (χ3n) is 3.38. The highest BCUT2D eigenvalue weighted by Crippen LogP contribution is 2.42. The second kappa shape index (κ2) is 5.57. The Morgan fingerprint density at radius 2 is 2.10 bits per heavy atom. The molecule has 6 heteroatoms. The van der Waals surface area contributed by atoms with Gasteiger partial charge >= 0.3 is 0 Å². The van der Waals surface area contributed by atoms with Gasteiger partial charge in [0.2, 0.25) is 0 Å². The molecule has 1 aromatic heterocycles. The molecule has 0 bridgehead atoms. The number of benzene rings is 1. The molecular formula is C14H13Cl3N2O. The fraction of sp³-hybridized carbons (Fsp3) is 0.357. The highest BCUT2D eigenvalue weighted by Gasteiger charge is 2.22. The summed E-state index contributed by atoms with van der Waals surface area (Å²) in [6, 6.07) is 1.64. The molecule has 1 aliphatic heterocycles. The van der Waals surface area contributed by atoms with Gasteiger partial charge in [-0.25, -0.2) is 0 Å². The van der Waals surface area contributed by atoms with Crippen LogP contribution in [0.2, 0.25) is 15.1 Å². The van der Waals surface area contributed by atoms with Crippen LogP contribution in [0, 0.1) is 0 Å². The monoisotopic (exact) mass is 330 g/mol. The zero-order valence-electron chi connectivity index (χ0n) is 10.9. The first-order valence-electron chi connectivity index (χ1n) is 6.44. The Morgan fingerprint density at radius 1 is 1.30 bits per heavy atom. The Bertz CT molecular complexity index is 688. The molecule has 1 aromatic carbocycles. The molecule has 0 aliphatic carbocycles. The molecule has 0 atom stereocenters. The molecule has 0 amide bonds. The van der Waals surface area contributed by atoms with E-state index < -0.39 is 0 Å². The fourth-order valence-corrected chi connectivity index (χ4v) is 3.24. The lowest BCUT2D eigenvalue weighted by Gasteiger charge is -2.22. The number of anilines is 1. The first-order chi connectivity index (χ1) is 9.63. The number of nitrogens with zero attached hydrogens (tertiary/aromatic N) is 1. The van der Waals surface area contributed by atoms with Crippen molar-refractivity contribution in [3.63, 3.8) is 0 Å². The predicted molar refractivity (Wildman–Crippen MR) is 84.3 cm³/mol. The highest BCUT2D eigenvalue weighted by atomic mass is 35.5. The second-order valence-electron chi connectivity index (χ2n) is 4.62. The van der Waals surface area contributed by atoms with Crippen molar-refractivity contribution in [3.8, 4) is 0 Å². The maximum absolute atomic E-state index is 6.37. The molecule has 106 valence electrons. The standard InChI is InChI=1S/C14H13Cl3N2O/c1-2-18-13-7-6-20-4-3-10(7)19-14-9(16)5-8(15)12(17)11(13)14/h5H,2-4,6H2,1H3,(H,18,19). The van der Waals surface area contributed by atoms with Crippen LogP contribution in [-0.4, -0.2) is 18.1 Å². The fourth-order valence-electron chi connectivity index (χ4n) is 2.50. The van der Waals surface area contributed by atoms with Crippen molar-refractivity contribution in [3.05, 3.63) is 32.4 Å². The lowest BCUT2D eigenvalue weighted by Crippen LogP contribution is -2.15. The highest BCUT2D eigenvalue weighted by molar-refractivity contribution is 6.48. The van der Waals surface area contributed by atoms with E-state index in [1.54, 1.807) is 6.07 Å². The van der Waals surface area contributed by atoms with Crippen molar-refractivity contribution in [2.75, 3.05) is 18.5 Å². The van der Waals surface area contributed by atoms with Gasteiger partial charge in [0.05, 0.1) is 45.2 Å². The minimum absolute atomic E-state index is 0.432. The normalized spacial score (nSPS) is 14.4. The number of hydrogen-bond donors (Lipinski definition) is 1. The van der Waals surface area contributed by atoms with Gasteiger partial charge < -0.3 is 10.1 Å². The molecule has 2 aromatic rings. The van der Waals surface area contributed by atoms with E-state index in [1.165, 1.54) is 0 Å². The molecule has 0 unspecified atom stereocenters. The van der Waals surface area contributed by atoms with Gasteiger partial charge in [-0.3, -0.25) is 4.98 Å². The zero-order chi connectivity index (χ0) is 14.3. The van der Waals surface area contributed by atoms with Crippen molar-refractivity contribution in [1.82, 2.24) is 4.98 Å². The van der Waals surface area contributed by atoms with E-state index in [0.29, 0.717) is 33.8 Å². The van der Waals surface area contributed by atoms with Crippen molar-refractivity contribution >= 4 is 51.4 Å². The van der Waals surface area contributed by atoms with Gasteiger partial charge in [-0.2, -0.15) is 0 Å². The van der Waals surface area contributed by atoms with Crippen LogP contribution in [0.15, 0.2) is 6.07 Å². The van der Waals surface area contributed by atoms with Crippen LogP contribution in [0.5, 0.6) is 0 Å². The molecule has 1 N–H and O–H groups in total. The maximum Gasteiger partial charge on any atom is 0.0928 e. The van der Waals surface area contributed by atoms with Gasteiger partial charge in [0.15, 0.2) is 0 Å². The lowest BCUT2D eigenvalue weighted by molar-refractivity contribution is 0.110. The molecule has 1 aliphatic rings. The number of hydrogen-bond acceptors (Lipinski definition) is 3. The Balaban J connectivity index is 2.42. The first-order valence-corrected chi connectivity index (χ1v) is 7.57. The van der Waals surface area contributed by atoms with E-state index in [4.69, 9.17) is 39.5 Å². The van der Waals surface area contributed by atoms with E-state index in [0.717, 1.165) is 35.3 Å². The summed E-state index contributed by atoms with van der Waals surface area (Å²) in [5.41, 5.74) is 3.69. The third kappa shape index (κ3) is 2.23. The number of aromatic nitrogens is 1. The van der Waals surface area contributed by atoms with Gasteiger partial charge in [-0.15, -0.1) is 0 Å². The number of rotatable bonds is 2. The van der Waals surface area contributed by atoms with Gasteiger partial charge in [0.1, 0.15) is 0 Å². The molecule has 3 nitrogen and oxygen atoms in total. The van der Waals surface area contributed by atoms with E-state index in [-0.39, 0.29) is 0 Å². The lowest BCUT2D eigenvalue weighted by atomic mass is 10.0. The average Bonchev–Trinajstić information content (AvgIpc) is 2.45. The summed E-state index contributed by atoms with van der Waals surface area (Å²) in [6.45, 7) is 4.01. The van der Waals surface area contributed by atoms with Crippen LogP contribution < -0.4 is 5.32 Å². The summed E-state index contributed by atoms with van der Waals surface area (Å²) in [7, 11) is 0. The number of fused-ring (bicyclic) bond motifs is 2. The van der Waals surface area contributed by atoms with Crippen LogP contribution in [0.4, 0.5) is 5.69 Å². The minimum Gasteiger partial charge on any atom is -0.384 e. The SMILES string of the molecule is CCNc1c2c(nc3c(Cl)cc(Cl)c(Cl)c13)CCOC2. The van der Waals surface area contributed by atoms with Gasteiger partial charge in [-0.05, 0) is 13.0 Å². The summed E-state index contributed by atoms with van der Waals surface area (Å²) in [5, 5.41) is 5.55. The van der Waals surface area contributed by atoms with E-state index >= 15 is 0 Å². The zero-order valence-corrected chi connectivity index (χ0v) is 13.2. The van der Waals surface area contributed by atoms with Crippen LogP contribution in [0.3, 0.4) is 0 Å². The number of halogens is 3. The average molecular weight is 332 g/mol. The summed E-state index contributed by atoms with van der Waals surface area (Å²) in [4.78, 5) is 4.67. The molecule has 2 heterocycles. The van der Waals surface area contributed by atoms with Crippen molar-refractivity contribution in [2.45, 2.75) is 20.0 Å². The van der Waals surface area contributed by atoms with E-state index in [9.17, 15) is 0 Å². The Hall–Kier alpha value is -0.740. The number of pyridine rings is 1. The second-order valence-corrected chi connectivity index (χ2v) is 5.82. The van der Waals surface area contributed by atoms with Crippen molar-refractivity contribution in [2.24, 2.45) is 0 Å². The van der Waals surface area contributed by atoms with Crippen molar-refractivity contribution < 1.29 is 4.74 Å². The van der Waals surface area contributed by atoms with Crippen LogP contribution in [0.25, 0.3) is 10.9 Å². The van der Waals surface area contributed by atoms with Crippen LogP contribution in [-0.2, 0) is 17.8 Å². The molecule has 0 saturated heterocycles. The van der Waals surface area contributed by atoms with Gasteiger partial charge in [0, 0.05) is 23.9 Å². The summed E-state index contributed by atoms with van der Waals surface area (Å²) >= 11 is 18.8. The van der Waals surface area contributed by atoms with Gasteiger partial charge in [-0.1, -0.05) is 34.8 Å². The molecular weight excluding hydrogens is 319 g/mol. The molecule has 3 rings (SSSR count). The molecule has 20 heavy (non-hydrogen) atoms. The summed E-state index contributed by atoms with van der Waals surface area (Å²) < 4.78 is 5.54. The van der Waals surface area contributed by atoms with Crippen LogP contribution in [0.1, 0.15) is 18.2 Å². The smallest absolute Gasteiger partial charge is 0.0928 e. The number of ether oxygens (including phenoxy) is 1. The Kier molecular flexibility index (Phi) is 3.95. The third-order valence-corrected chi connectivity index (χ3v) is 4.45. The first kappa shape index (κ1) is 14.2. The Morgan fingerprint density at radius 3 is 2.85 bits per heavy atom. The summed E-state index contributed by atoms with van der Waals surface area (Å²) in [5.74, 6) is 0. The largest absolute Gasteiger partial charge is 0.384 e. The quantitative estimate of drug-likeness (QED) is 0.810. The van der Waals surface area contributed by atoms with E-state index in [2.05, 4.69) is 10.3 Å². The molecule has 0 saturated carbocycles. The molecule has 0 spiro atoms. The predicted octanol–water partition coefficient (Wildman–Crippen LogP) is 4.70. The van der Waals surface area contributed by atoms with Crippen molar-refractivity contribution in [1.29, 1.82) is 0 Å².